The second-order valence-corrected chi connectivity index (χ2v) is 11.2. The van der Waals surface area contributed by atoms with E-state index in [1.807, 2.05) is 0 Å². The number of carboxylic acids is 1. The van der Waals surface area contributed by atoms with Gasteiger partial charge < -0.3 is 9.84 Å². The lowest BCUT2D eigenvalue weighted by Gasteiger charge is -2.47. The number of rotatable bonds is 6. The number of carbonyl (C=O) groups is 2. The van der Waals surface area contributed by atoms with Gasteiger partial charge in [0.15, 0.2) is 6.04 Å². The van der Waals surface area contributed by atoms with Crippen molar-refractivity contribution < 1.29 is 23.8 Å². The van der Waals surface area contributed by atoms with E-state index in [0.717, 1.165) is 54.0 Å². The Morgan fingerprint density at radius 1 is 1.21 bits per heavy atom. The minimum absolute atomic E-state index is 0.0818. The molecule has 3 atom stereocenters. The standard InChI is InChI=1S/C26H33FN2O4/c1-15-7-16-9-17(8-15)13-26(2,12-16)14-33-23-11-21(27)20(10-19(23)18-3-4-18)24(30)29-22(25(31)32)5-6-28-29/h6,10-11,15-18,22H,3-5,7-9,12-14H2,1-2H3,(H,31,32). The van der Waals surface area contributed by atoms with Crippen LogP contribution in [-0.4, -0.2) is 40.9 Å². The van der Waals surface area contributed by atoms with Gasteiger partial charge in [0.2, 0.25) is 0 Å². The van der Waals surface area contributed by atoms with Crippen molar-refractivity contribution in [3.05, 3.63) is 29.1 Å². The van der Waals surface area contributed by atoms with Crippen LogP contribution in [0.25, 0.3) is 0 Å². The Balaban J connectivity index is 1.35. The van der Waals surface area contributed by atoms with Gasteiger partial charge in [-0.25, -0.2) is 14.2 Å². The molecular formula is C26H33FN2O4. The molecular weight excluding hydrogens is 423 g/mol. The number of ether oxygens (including phenoxy) is 1. The van der Waals surface area contributed by atoms with E-state index < -0.39 is 23.7 Å². The highest BCUT2D eigenvalue weighted by Gasteiger charge is 2.42. The first-order valence-electron chi connectivity index (χ1n) is 12.3. The maximum absolute atomic E-state index is 15.1. The number of hydrogen-bond donors (Lipinski definition) is 1. The summed E-state index contributed by atoms with van der Waals surface area (Å²) in [5, 5.41) is 14.1. The van der Waals surface area contributed by atoms with Crippen LogP contribution in [0.1, 0.15) is 87.1 Å². The summed E-state index contributed by atoms with van der Waals surface area (Å²) in [5.41, 5.74) is 0.795. The molecule has 1 aromatic rings. The lowest BCUT2D eigenvalue weighted by molar-refractivity contribution is -0.141. The summed E-state index contributed by atoms with van der Waals surface area (Å²) >= 11 is 0. The first kappa shape index (κ1) is 22.4. The Kier molecular flexibility index (Phi) is 5.69. The largest absolute Gasteiger partial charge is 0.493 e. The van der Waals surface area contributed by atoms with Crippen LogP contribution >= 0.6 is 0 Å². The summed E-state index contributed by atoms with van der Waals surface area (Å²) in [7, 11) is 0. The van der Waals surface area contributed by atoms with E-state index >= 15 is 4.39 Å². The number of halogens is 1. The van der Waals surface area contributed by atoms with E-state index in [4.69, 9.17) is 4.74 Å². The van der Waals surface area contributed by atoms with Crippen molar-refractivity contribution in [3.8, 4) is 5.75 Å². The molecule has 1 amide bonds. The highest BCUT2D eigenvalue weighted by atomic mass is 19.1. The topological polar surface area (TPSA) is 79.2 Å². The van der Waals surface area contributed by atoms with Crippen molar-refractivity contribution in [1.29, 1.82) is 0 Å². The van der Waals surface area contributed by atoms with Crippen LogP contribution in [0.4, 0.5) is 4.39 Å². The number of amides is 1. The molecule has 0 spiro atoms. The van der Waals surface area contributed by atoms with Gasteiger partial charge >= 0.3 is 5.97 Å². The lowest BCUT2D eigenvalue weighted by Crippen LogP contribution is -2.39. The third kappa shape index (κ3) is 4.51. The Hall–Kier alpha value is -2.44. The number of aliphatic carboxylic acids is 1. The first-order valence-corrected chi connectivity index (χ1v) is 12.3. The van der Waals surface area contributed by atoms with Crippen LogP contribution in [0.5, 0.6) is 5.75 Å². The molecule has 2 bridgehead atoms. The molecule has 7 heteroatoms. The zero-order chi connectivity index (χ0) is 23.3. The average Bonchev–Trinajstić information content (AvgIpc) is 3.45. The molecule has 6 nitrogen and oxygen atoms in total. The van der Waals surface area contributed by atoms with Crippen molar-refractivity contribution in [2.75, 3.05) is 6.61 Å². The molecule has 4 aliphatic rings. The zero-order valence-electron chi connectivity index (χ0n) is 19.4. The van der Waals surface area contributed by atoms with E-state index in [-0.39, 0.29) is 23.3 Å². The Morgan fingerprint density at radius 3 is 2.55 bits per heavy atom. The van der Waals surface area contributed by atoms with Crippen LogP contribution in [-0.2, 0) is 4.79 Å². The Labute approximate surface area is 194 Å². The maximum atomic E-state index is 15.1. The Morgan fingerprint density at radius 2 is 1.91 bits per heavy atom. The molecule has 33 heavy (non-hydrogen) atoms. The molecule has 1 aromatic carbocycles. The monoisotopic (exact) mass is 456 g/mol. The summed E-state index contributed by atoms with van der Waals surface area (Å²) in [6.45, 7) is 5.21. The van der Waals surface area contributed by atoms with Crippen LogP contribution < -0.4 is 4.74 Å². The van der Waals surface area contributed by atoms with E-state index in [1.54, 1.807) is 6.07 Å². The fourth-order valence-electron chi connectivity index (χ4n) is 6.59. The van der Waals surface area contributed by atoms with Crippen molar-refractivity contribution in [2.24, 2.45) is 28.3 Å². The SMILES string of the molecule is CC1CC2CC(C1)CC(C)(COc1cc(F)c(C(=O)N3N=CCC3C(=O)O)cc1C1CC1)C2. The number of hydrogen-bond acceptors (Lipinski definition) is 4. The molecule has 5 rings (SSSR count). The second kappa shape index (κ2) is 8.41. The summed E-state index contributed by atoms with van der Waals surface area (Å²) in [4.78, 5) is 24.4. The second-order valence-electron chi connectivity index (χ2n) is 11.2. The number of nitrogens with zero attached hydrogens (tertiary/aromatic N) is 2. The van der Waals surface area contributed by atoms with Gasteiger partial charge in [-0.05, 0) is 80.2 Å². The van der Waals surface area contributed by atoms with Gasteiger partial charge in [-0.1, -0.05) is 13.8 Å². The molecule has 3 aliphatic carbocycles. The molecule has 0 saturated heterocycles. The van der Waals surface area contributed by atoms with E-state index in [2.05, 4.69) is 18.9 Å². The van der Waals surface area contributed by atoms with Gasteiger partial charge in [0.1, 0.15) is 11.6 Å². The van der Waals surface area contributed by atoms with Crippen LogP contribution in [0, 0.1) is 29.0 Å². The highest BCUT2D eigenvalue weighted by Crippen LogP contribution is 2.51. The molecule has 3 fully saturated rings. The number of hydrazone groups is 1. The highest BCUT2D eigenvalue weighted by molar-refractivity contribution is 5.99. The fourth-order valence-corrected chi connectivity index (χ4v) is 6.59. The Bertz CT molecular complexity index is 971. The third-order valence-electron chi connectivity index (χ3n) is 7.95. The van der Waals surface area contributed by atoms with Gasteiger partial charge in [-0.3, -0.25) is 4.79 Å². The van der Waals surface area contributed by atoms with Gasteiger partial charge in [0, 0.05) is 24.1 Å². The van der Waals surface area contributed by atoms with Gasteiger partial charge in [0.05, 0.1) is 12.2 Å². The fraction of sp³-hybridized carbons (Fsp3) is 0.654. The van der Waals surface area contributed by atoms with E-state index in [9.17, 15) is 14.7 Å². The summed E-state index contributed by atoms with van der Waals surface area (Å²) < 4.78 is 21.4. The molecule has 1 N–H and O–H groups in total. The predicted octanol–water partition coefficient (Wildman–Crippen LogP) is 5.22. The molecule has 3 saturated carbocycles. The minimum Gasteiger partial charge on any atom is -0.493 e. The van der Waals surface area contributed by atoms with Crippen molar-refractivity contribution in [1.82, 2.24) is 5.01 Å². The smallest absolute Gasteiger partial charge is 0.329 e. The van der Waals surface area contributed by atoms with Crippen LogP contribution in [0.15, 0.2) is 17.2 Å². The van der Waals surface area contributed by atoms with Crippen molar-refractivity contribution in [3.63, 3.8) is 0 Å². The number of benzene rings is 1. The third-order valence-corrected chi connectivity index (χ3v) is 7.95. The van der Waals surface area contributed by atoms with Gasteiger partial charge in [-0.15, -0.1) is 0 Å². The van der Waals surface area contributed by atoms with E-state index in [0.29, 0.717) is 12.4 Å². The molecule has 0 aromatic heterocycles. The lowest BCUT2D eigenvalue weighted by atomic mass is 9.60. The van der Waals surface area contributed by atoms with Crippen LogP contribution in [0.2, 0.25) is 0 Å². The normalized spacial score (nSPS) is 33.2. The maximum Gasteiger partial charge on any atom is 0.329 e. The molecule has 1 aliphatic heterocycles. The number of carboxylic acid groups (broad SMARTS) is 1. The summed E-state index contributed by atoms with van der Waals surface area (Å²) in [6.07, 6.45) is 9.68. The molecule has 178 valence electrons. The van der Waals surface area contributed by atoms with Crippen molar-refractivity contribution in [2.45, 2.75) is 77.2 Å². The van der Waals surface area contributed by atoms with Gasteiger partial charge in [0.25, 0.3) is 5.91 Å². The van der Waals surface area contributed by atoms with E-state index in [1.165, 1.54) is 31.5 Å². The quantitative estimate of drug-likeness (QED) is 0.637. The number of carbonyl (C=O) groups excluding carboxylic acids is 1. The summed E-state index contributed by atoms with van der Waals surface area (Å²) in [6, 6.07) is 1.80. The first-order chi connectivity index (χ1) is 15.7. The molecule has 3 unspecified atom stereocenters. The van der Waals surface area contributed by atoms with Gasteiger partial charge in [-0.2, -0.15) is 5.10 Å². The molecule has 1 heterocycles. The predicted molar refractivity (Wildman–Crippen MR) is 122 cm³/mol. The minimum atomic E-state index is -1.15. The average molecular weight is 457 g/mol. The zero-order valence-corrected chi connectivity index (χ0v) is 19.4. The van der Waals surface area contributed by atoms with Crippen LogP contribution in [0.3, 0.4) is 0 Å². The van der Waals surface area contributed by atoms with Crippen molar-refractivity contribution >= 4 is 18.1 Å². The molecule has 0 radical (unpaired) electrons. The summed E-state index contributed by atoms with van der Waals surface area (Å²) in [5.74, 6) is 0.533. The number of fused-ring (bicyclic) bond motifs is 2.